The maximum absolute atomic E-state index is 13.0. The standard InChI is InChI=1S/C20H22FNO2/c1-20(2,24-17-12-10-16(21)11-13-17)19(23)22-18(15-8-9-15)14-6-4-3-5-7-14/h3-7,10-13,15,18H,8-9H2,1-2H3,(H,22,23)/t18-/m1/s1. The van der Waals surface area contributed by atoms with Crippen molar-refractivity contribution in [3.63, 3.8) is 0 Å². The number of carbonyl (C=O) groups excluding carboxylic acids is 1. The van der Waals surface area contributed by atoms with E-state index in [9.17, 15) is 9.18 Å². The van der Waals surface area contributed by atoms with E-state index in [4.69, 9.17) is 4.74 Å². The fourth-order valence-corrected chi connectivity index (χ4v) is 2.72. The fourth-order valence-electron chi connectivity index (χ4n) is 2.72. The molecular weight excluding hydrogens is 305 g/mol. The van der Waals surface area contributed by atoms with Crippen LogP contribution in [-0.2, 0) is 4.79 Å². The number of ether oxygens (including phenoxy) is 1. The molecule has 1 aliphatic carbocycles. The van der Waals surface area contributed by atoms with Gasteiger partial charge < -0.3 is 10.1 Å². The SMILES string of the molecule is CC(C)(Oc1ccc(F)cc1)C(=O)N[C@H](c1ccccc1)C1CC1. The predicted molar refractivity (Wildman–Crippen MR) is 91.2 cm³/mol. The van der Waals surface area contributed by atoms with Gasteiger partial charge in [0, 0.05) is 0 Å². The van der Waals surface area contributed by atoms with Crippen LogP contribution >= 0.6 is 0 Å². The van der Waals surface area contributed by atoms with Crippen LogP contribution in [0, 0.1) is 11.7 Å². The number of amides is 1. The maximum Gasteiger partial charge on any atom is 0.264 e. The van der Waals surface area contributed by atoms with Gasteiger partial charge in [0.1, 0.15) is 11.6 Å². The highest BCUT2D eigenvalue weighted by atomic mass is 19.1. The average molecular weight is 327 g/mol. The van der Waals surface area contributed by atoms with Crippen molar-refractivity contribution < 1.29 is 13.9 Å². The molecule has 2 aromatic carbocycles. The van der Waals surface area contributed by atoms with Gasteiger partial charge in [0.15, 0.2) is 5.60 Å². The minimum atomic E-state index is -1.04. The van der Waals surface area contributed by atoms with Crippen LogP contribution in [0.25, 0.3) is 0 Å². The number of hydrogen-bond acceptors (Lipinski definition) is 2. The molecule has 1 atom stereocenters. The summed E-state index contributed by atoms with van der Waals surface area (Å²) >= 11 is 0. The summed E-state index contributed by atoms with van der Waals surface area (Å²) in [5, 5.41) is 3.13. The van der Waals surface area contributed by atoms with Crippen LogP contribution < -0.4 is 10.1 Å². The van der Waals surface area contributed by atoms with Crippen molar-refractivity contribution in [2.75, 3.05) is 0 Å². The van der Waals surface area contributed by atoms with Gasteiger partial charge in [-0.1, -0.05) is 30.3 Å². The Morgan fingerprint density at radius 2 is 1.75 bits per heavy atom. The van der Waals surface area contributed by atoms with Gasteiger partial charge in [-0.3, -0.25) is 4.79 Å². The summed E-state index contributed by atoms with van der Waals surface area (Å²) < 4.78 is 18.8. The number of hydrogen-bond donors (Lipinski definition) is 1. The average Bonchev–Trinajstić information content (AvgIpc) is 3.40. The van der Waals surface area contributed by atoms with Crippen LogP contribution in [0.2, 0.25) is 0 Å². The van der Waals surface area contributed by atoms with Gasteiger partial charge in [0.05, 0.1) is 6.04 Å². The molecule has 0 aromatic heterocycles. The molecular formula is C20H22FNO2. The molecule has 24 heavy (non-hydrogen) atoms. The lowest BCUT2D eigenvalue weighted by atomic mass is 10.0. The van der Waals surface area contributed by atoms with Crippen LogP contribution in [0.4, 0.5) is 4.39 Å². The van der Waals surface area contributed by atoms with Crippen molar-refractivity contribution in [1.29, 1.82) is 0 Å². The molecule has 0 aliphatic heterocycles. The van der Waals surface area contributed by atoms with Gasteiger partial charge >= 0.3 is 0 Å². The van der Waals surface area contributed by atoms with Crippen molar-refractivity contribution >= 4 is 5.91 Å². The lowest BCUT2D eigenvalue weighted by Crippen LogP contribution is -2.48. The summed E-state index contributed by atoms with van der Waals surface area (Å²) in [6.45, 7) is 3.45. The number of carbonyl (C=O) groups is 1. The zero-order valence-electron chi connectivity index (χ0n) is 14.0. The molecule has 1 saturated carbocycles. The Morgan fingerprint density at radius 1 is 1.12 bits per heavy atom. The van der Waals surface area contributed by atoms with Crippen molar-refractivity contribution in [2.45, 2.75) is 38.3 Å². The Hall–Kier alpha value is -2.36. The van der Waals surface area contributed by atoms with Crippen molar-refractivity contribution in [2.24, 2.45) is 5.92 Å². The first-order valence-corrected chi connectivity index (χ1v) is 8.26. The quantitative estimate of drug-likeness (QED) is 0.861. The molecule has 1 fully saturated rings. The number of nitrogens with one attached hydrogen (secondary N) is 1. The molecule has 1 aliphatic rings. The predicted octanol–water partition coefficient (Wildman–Crippen LogP) is 4.25. The molecule has 0 unspecified atom stereocenters. The highest BCUT2D eigenvalue weighted by Crippen LogP contribution is 2.41. The first-order valence-electron chi connectivity index (χ1n) is 8.26. The van der Waals surface area contributed by atoms with Gasteiger partial charge in [-0.05, 0) is 62.4 Å². The summed E-state index contributed by atoms with van der Waals surface area (Å²) in [6, 6.07) is 15.7. The largest absolute Gasteiger partial charge is 0.478 e. The summed E-state index contributed by atoms with van der Waals surface area (Å²) in [6.07, 6.45) is 2.25. The van der Waals surface area contributed by atoms with Gasteiger partial charge in [-0.25, -0.2) is 4.39 Å². The van der Waals surface area contributed by atoms with Gasteiger partial charge in [0.25, 0.3) is 5.91 Å². The fraction of sp³-hybridized carbons (Fsp3) is 0.350. The summed E-state index contributed by atoms with van der Waals surface area (Å²) in [7, 11) is 0. The molecule has 0 bridgehead atoms. The van der Waals surface area contributed by atoms with Crippen molar-refractivity contribution in [1.82, 2.24) is 5.32 Å². The smallest absolute Gasteiger partial charge is 0.264 e. The third kappa shape index (κ3) is 3.94. The first kappa shape index (κ1) is 16.5. The van der Waals surface area contributed by atoms with Crippen LogP contribution in [0.5, 0.6) is 5.75 Å². The molecule has 0 heterocycles. The van der Waals surface area contributed by atoms with Gasteiger partial charge in [0.2, 0.25) is 0 Å². The van der Waals surface area contributed by atoms with Crippen LogP contribution in [-0.4, -0.2) is 11.5 Å². The molecule has 1 amide bonds. The van der Waals surface area contributed by atoms with E-state index in [1.54, 1.807) is 13.8 Å². The van der Waals surface area contributed by atoms with Crippen molar-refractivity contribution in [3.05, 3.63) is 66.0 Å². The van der Waals surface area contributed by atoms with Crippen LogP contribution in [0.15, 0.2) is 54.6 Å². The minimum Gasteiger partial charge on any atom is -0.478 e. The second-order valence-corrected chi connectivity index (χ2v) is 6.77. The number of benzene rings is 2. The first-order chi connectivity index (χ1) is 11.5. The molecule has 2 aromatic rings. The lowest BCUT2D eigenvalue weighted by Gasteiger charge is -2.28. The van der Waals surface area contributed by atoms with E-state index in [1.807, 2.05) is 30.3 Å². The molecule has 3 nitrogen and oxygen atoms in total. The Morgan fingerprint density at radius 3 is 2.33 bits per heavy atom. The second-order valence-electron chi connectivity index (χ2n) is 6.77. The third-order valence-corrected chi connectivity index (χ3v) is 4.27. The maximum atomic E-state index is 13.0. The topological polar surface area (TPSA) is 38.3 Å². The second kappa shape index (κ2) is 6.63. The van der Waals surface area contributed by atoms with Gasteiger partial charge in [-0.15, -0.1) is 0 Å². The van der Waals surface area contributed by atoms with E-state index < -0.39 is 5.60 Å². The van der Waals surface area contributed by atoms with E-state index >= 15 is 0 Å². The molecule has 4 heteroatoms. The summed E-state index contributed by atoms with van der Waals surface area (Å²) in [5.41, 5.74) is 0.0747. The molecule has 0 spiro atoms. The van der Waals surface area contributed by atoms with E-state index in [-0.39, 0.29) is 17.8 Å². The lowest BCUT2D eigenvalue weighted by molar-refractivity contribution is -0.135. The Kier molecular flexibility index (Phi) is 4.56. The zero-order chi connectivity index (χ0) is 17.2. The van der Waals surface area contributed by atoms with E-state index in [1.165, 1.54) is 24.3 Å². The number of halogens is 1. The highest BCUT2D eigenvalue weighted by molar-refractivity contribution is 5.85. The monoisotopic (exact) mass is 327 g/mol. The Balaban J connectivity index is 1.70. The summed E-state index contributed by atoms with van der Waals surface area (Å²) in [5.74, 6) is 0.451. The van der Waals surface area contributed by atoms with E-state index in [2.05, 4.69) is 5.32 Å². The minimum absolute atomic E-state index is 0.00907. The summed E-state index contributed by atoms with van der Waals surface area (Å²) in [4.78, 5) is 12.7. The number of rotatable bonds is 6. The van der Waals surface area contributed by atoms with Crippen LogP contribution in [0.1, 0.15) is 38.3 Å². The zero-order valence-corrected chi connectivity index (χ0v) is 14.0. The molecule has 0 radical (unpaired) electrons. The molecule has 3 rings (SSSR count). The van der Waals surface area contributed by atoms with E-state index in [0.29, 0.717) is 11.7 Å². The normalized spacial score (nSPS) is 15.6. The Bertz CT molecular complexity index is 693. The highest BCUT2D eigenvalue weighted by Gasteiger charge is 2.37. The molecule has 126 valence electrons. The molecule has 1 N–H and O–H groups in total. The van der Waals surface area contributed by atoms with Crippen molar-refractivity contribution in [3.8, 4) is 5.75 Å². The van der Waals surface area contributed by atoms with Gasteiger partial charge in [-0.2, -0.15) is 0 Å². The molecule has 0 saturated heterocycles. The van der Waals surface area contributed by atoms with E-state index in [0.717, 1.165) is 18.4 Å². The third-order valence-electron chi connectivity index (χ3n) is 4.27. The van der Waals surface area contributed by atoms with Crippen LogP contribution in [0.3, 0.4) is 0 Å². The Labute approximate surface area is 141 Å².